The standard InChI is InChI=1S/C26H34O3/c1-16-10-11-19(22(14-16)29-24(28)18(3)25(4,5)6)15-20-12-17(2)13-21(23(20)27)26(7,8)9/h10-14,27H,3,15H2,1-2,4-9H3. The van der Waals surface area contributed by atoms with Crippen LogP contribution in [0.2, 0.25) is 0 Å². The fourth-order valence-electron chi connectivity index (χ4n) is 3.14. The third-order valence-corrected chi connectivity index (χ3v) is 5.10. The van der Waals surface area contributed by atoms with Crippen LogP contribution in [-0.2, 0) is 16.6 Å². The second-order valence-corrected chi connectivity index (χ2v) is 9.98. The molecule has 1 N–H and O–H groups in total. The predicted molar refractivity (Wildman–Crippen MR) is 120 cm³/mol. The summed E-state index contributed by atoms with van der Waals surface area (Å²) in [5, 5.41) is 10.9. The number of carbonyl (C=O) groups is 1. The number of aryl methyl sites for hydroxylation is 2. The first-order valence-electron chi connectivity index (χ1n) is 10.0. The molecular formula is C26H34O3. The third-order valence-electron chi connectivity index (χ3n) is 5.10. The van der Waals surface area contributed by atoms with E-state index in [1.165, 1.54) is 0 Å². The van der Waals surface area contributed by atoms with Crippen molar-refractivity contribution < 1.29 is 14.6 Å². The number of carbonyl (C=O) groups excluding carboxylic acids is 1. The number of benzene rings is 2. The van der Waals surface area contributed by atoms with E-state index in [9.17, 15) is 9.90 Å². The maximum Gasteiger partial charge on any atom is 0.339 e. The van der Waals surface area contributed by atoms with Crippen molar-refractivity contribution in [2.24, 2.45) is 5.41 Å². The van der Waals surface area contributed by atoms with Gasteiger partial charge in [0.15, 0.2) is 0 Å². The van der Waals surface area contributed by atoms with Gasteiger partial charge in [0.2, 0.25) is 0 Å². The highest BCUT2D eigenvalue weighted by Gasteiger charge is 2.25. The first-order chi connectivity index (χ1) is 13.2. The summed E-state index contributed by atoms with van der Waals surface area (Å²) < 4.78 is 5.73. The summed E-state index contributed by atoms with van der Waals surface area (Å²) in [4.78, 5) is 12.6. The second-order valence-electron chi connectivity index (χ2n) is 9.98. The molecule has 2 aromatic carbocycles. The highest BCUT2D eigenvalue weighted by Crippen LogP contribution is 2.37. The maximum atomic E-state index is 12.6. The summed E-state index contributed by atoms with van der Waals surface area (Å²) in [5.41, 5.74) is 4.58. The number of rotatable bonds is 4. The Kier molecular flexibility index (Phi) is 6.32. The topological polar surface area (TPSA) is 46.5 Å². The first kappa shape index (κ1) is 22.7. The molecule has 0 aliphatic rings. The number of hydrogen-bond acceptors (Lipinski definition) is 3. The Morgan fingerprint density at radius 3 is 2.14 bits per heavy atom. The smallest absolute Gasteiger partial charge is 0.339 e. The minimum atomic E-state index is -0.423. The molecular weight excluding hydrogens is 360 g/mol. The minimum absolute atomic E-state index is 0.169. The highest BCUT2D eigenvalue weighted by molar-refractivity contribution is 5.90. The third kappa shape index (κ3) is 5.50. The van der Waals surface area contributed by atoms with E-state index in [1.54, 1.807) is 0 Å². The van der Waals surface area contributed by atoms with Crippen molar-refractivity contribution in [2.75, 3.05) is 0 Å². The van der Waals surface area contributed by atoms with E-state index < -0.39 is 5.97 Å². The molecule has 0 saturated carbocycles. The van der Waals surface area contributed by atoms with Gasteiger partial charge in [0.25, 0.3) is 0 Å². The molecule has 0 amide bonds. The average molecular weight is 395 g/mol. The van der Waals surface area contributed by atoms with Gasteiger partial charge >= 0.3 is 5.97 Å². The molecule has 0 spiro atoms. The first-order valence-corrected chi connectivity index (χ1v) is 10.0. The molecule has 0 unspecified atom stereocenters. The van der Waals surface area contributed by atoms with Gasteiger partial charge in [0, 0.05) is 12.0 Å². The Labute approximate surface area is 175 Å². The zero-order valence-corrected chi connectivity index (χ0v) is 19.1. The van der Waals surface area contributed by atoms with Crippen molar-refractivity contribution in [3.63, 3.8) is 0 Å². The van der Waals surface area contributed by atoms with E-state index in [2.05, 4.69) is 27.4 Å². The molecule has 29 heavy (non-hydrogen) atoms. The maximum absolute atomic E-state index is 12.6. The second kappa shape index (κ2) is 8.06. The van der Waals surface area contributed by atoms with Crippen molar-refractivity contribution >= 4 is 5.97 Å². The Morgan fingerprint density at radius 1 is 0.966 bits per heavy atom. The molecule has 0 radical (unpaired) electrons. The molecule has 0 heterocycles. The summed E-state index contributed by atoms with van der Waals surface area (Å²) in [6.45, 7) is 20.0. The molecule has 2 rings (SSSR count). The van der Waals surface area contributed by atoms with Gasteiger partial charge < -0.3 is 9.84 Å². The monoisotopic (exact) mass is 394 g/mol. The summed E-state index contributed by atoms with van der Waals surface area (Å²) in [7, 11) is 0. The van der Waals surface area contributed by atoms with E-state index in [4.69, 9.17) is 4.74 Å². The van der Waals surface area contributed by atoms with Gasteiger partial charge in [-0.15, -0.1) is 0 Å². The molecule has 2 aromatic rings. The van der Waals surface area contributed by atoms with Gasteiger partial charge in [0.05, 0.1) is 0 Å². The molecule has 3 nitrogen and oxygen atoms in total. The SMILES string of the molecule is C=C(C(=O)Oc1cc(C)ccc1Cc1cc(C)cc(C(C)(C)C)c1O)C(C)(C)C. The van der Waals surface area contributed by atoms with Crippen LogP contribution in [0.25, 0.3) is 0 Å². The predicted octanol–water partition coefficient (Wildman–Crippen LogP) is 6.41. The Balaban J connectivity index is 2.44. The van der Waals surface area contributed by atoms with Crippen LogP contribution in [0, 0.1) is 19.3 Å². The number of esters is 1. The number of aromatic hydroxyl groups is 1. The number of hydrogen-bond donors (Lipinski definition) is 1. The average Bonchev–Trinajstić information content (AvgIpc) is 2.57. The molecule has 0 aliphatic heterocycles. The van der Waals surface area contributed by atoms with Crippen LogP contribution in [0.5, 0.6) is 11.5 Å². The molecule has 0 fully saturated rings. The van der Waals surface area contributed by atoms with E-state index in [0.29, 0.717) is 23.5 Å². The Hall–Kier alpha value is -2.55. The molecule has 0 bridgehead atoms. The van der Waals surface area contributed by atoms with Crippen LogP contribution in [0.1, 0.15) is 69.4 Å². The normalized spacial score (nSPS) is 12.0. The zero-order valence-electron chi connectivity index (χ0n) is 19.1. The lowest BCUT2D eigenvalue weighted by Crippen LogP contribution is -2.21. The van der Waals surface area contributed by atoms with Crippen LogP contribution in [0.3, 0.4) is 0 Å². The molecule has 0 aliphatic carbocycles. The van der Waals surface area contributed by atoms with Gasteiger partial charge in [0.1, 0.15) is 11.5 Å². The van der Waals surface area contributed by atoms with Crippen LogP contribution < -0.4 is 4.74 Å². The van der Waals surface area contributed by atoms with Crippen molar-refractivity contribution in [1.29, 1.82) is 0 Å². The fraction of sp³-hybridized carbons (Fsp3) is 0.423. The van der Waals surface area contributed by atoms with Crippen molar-refractivity contribution in [3.8, 4) is 11.5 Å². The van der Waals surface area contributed by atoms with Crippen LogP contribution in [0.4, 0.5) is 0 Å². The zero-order chi connectivity index (χ0) is 22.1. The van der Waals surface area contributed by atoms with Crippen LogP contribution >= 0.6 is 0 Å². The van der Waals surface area contributed by atoms with Gasteiger partial charge in [-0.05, 0) is 53.0 Å². The van der Waals surface area contributed by atoms with Gasteiger partial charge in [-0.3, -0.25) is 0 Å². The Bertz CT molecular complexity index is 938. The minimum Gasteiger partial charge on any atom is -0.507 e. The van der Waals surface area contributed by atoms with Gasteiger partial charge in [-0.25, -0.2) is 4.79 Å². The highest BCUT2D eigenvalue weighted by atomic mass is 16.5. The van der Waals surface area contributed by atoms with Crippen molar-refractivity contribution in [2.45, 2.75) is 67.2 Å². The Morgan fingerprint density at radius 2 is 1.59 bits per heavy atom. The van der Waals surface area contributed by atoms with E-state index in [-0.39, 0.29) is 10.8 Å². The lowest BCUT2D eigenvalue weighted by atomic mass is 9.83. The lowest BCUT2D eigenvalue weighted by Gasteiger charge is -2.23. The molecule has 0 aromatic heterocycles. The fourth-order valence-corrected chi connectivity index (χ4v) is 3.14. The molecule has 0 saturated heterocycles. The number of ether oxygens (including phenoxy) is 1. The quantitative estimate of drug-likeness (QED) is 0.370. The summed E-state index contributed by atoms with van der Waals surface area (Å²) in [6.07, 6.45) is 0.474. The van der Waals surface area contributed by atoms with Crippen LogP contribution in [0.15, 0.2) is 42.5 Å². The van der Waals surface area contributed by atoms with Gasteiger partial charge in [-0.2, -0.15) is 0 Å². The lowest BCUT2D eigenvalue weighted by molar-refractivity contribution is -0.131. The van der Waals surface area contributed by atoms with Crippen LogP contribution in [-0.4, -0.2) is 11.1 Å². The largest absolute Gasteiger partial charge is 0.507 e. The van der Waals surface area contributed by atoms with E-state index in [0.717, 1.165) is 27.8 Å². The molecule has 156 valence electrons. The molecule has 0 atom stereocenters. The van der Waals surface area contributed by atoms with Crippen molar-refractivity contribution in [3.05, 3.63) is 70.3 Å². The van der Waals surface area contributed by atoms with E-state index >= 15 is 0 Å². The number of phenolic OH excluding ortho intramolecular Hbond substituents is 1. The van der Waals surface area contributed by atoms with Crippen molar-refractivity contribution in [1.82, 2.24) is 0 Å². The summed E-state index contributed by atoms with van der Waals surface area (Å²) in [6, 6.07) is 9.83. The van der Waals surface area contributed by atoms with E-state index in [1.807, 2.05) is 65.0 Å². The molecule has 3 heteroatoms. The summed E-state index contributed by atoms with van der Waals surface area (Å²) >= 11 is 0. The number of phenols is 1. The van der Waals surface area contributed by atoms with Gasteiger partial charge in [-0.1, -0.05) is 78.0 Å². The summed E-state index contributed by atoms with van der Waals surface area (Å²) in [5.74, 6) is 0.395.